The SMILES string of the molecule is C.CCOC(=O)C(C)Br.CCOC(=O)C(C)n1cc(C(F)(F)F)nc1-c1ccc(Cn2ncc3cnc(-c4c(OC)ncnc4C4CC4)nc32)cc1.COc1ncnc(C2CC2)c1-c1ncc2cnn(Cc3ccc(-c4ncc(C(F)(F)F)[nH]4)cc3)c2n1. The molecule has 8 heterocycles. The van der Waals surface area contributed by atoms with Gasteiger partial charge in [0.15, 0.2) is 28.6 Å². The minimum Gasteiger partial charge on any atom is -0.480 e. The van der Waals surface area contributed by atoms with Crippen LogP contribution in [0.1, 0.15) is 113 Å². The van der Waals surface area contributed by atoms with Gasteiger partial charge in [-0.1, -0.05) is 71.9 Å². The molecule has 12 rings (SSSR count). The second-order valence-electron chi connectivity index (χ2n) is 20.1. The van der Waals surface area contributed by atoms with Crippen molar-refractivity contribution in [2.24, 2.45) is 0 Å². The van der Waals surface area contributed by atoms with Crippen LogP contribution >= 0.6 is 15.9 Å². The lowest BCUT2D eigenvalue weighted by atomic mass is 10.1. The molecule has 0 aliphatic heterocycles. The van der Waals surface area contributed by atoms with Crippen LogP contribution in [0.2, 0.25) is 0 Å². The van der Waals surface area contributed by atoms with Gasteiger partial charge in [0.1, 0.15) is 52.0 Å². The fourth-order valence-electron chi connectivity index (χ4n) is 9.19. The van der Waals surface area contributed by atoms with Crippen molar-refractivity contribution in [1.82, 2.24) is 79.0 Å². The minimum absolute atomic E-state index is 0. The van der Waals surface area contributed by atoms with E-state index in [1.165, 1.54) is 24.1 Å². The fraction of sp³-hybridized carbons (Fsp3) is 0.356. The molecule has 2 saturated carbocycles. The summed E-state index contributed by atoms with van der Waals surface area (Å²) in [6, 6.07) is 12.9. The molecule has 22 nitrogen and oxygen atoms in total. The van der Waals surface area contributed by atoms with Crippen LogP contribution in [-0.2, 0) is 44.5 Å². The first-order valence-electron chi connectivity index (χ1n) is 27.4. The molecular weight excluding hydrogens is 1220 g/mol. The maximum absolute atomic E-state index is 13.5. The summed E-state index contributed by atoms with van der Waals surface area (Å²) in [4.78, 5) is 68.7. The van der Waals surface area contributed by atoms with E-state index in [9.17, 15) is 35.9 Å². The molecule has 0 spiro atoms. The Morgan fingerprint density at radius 3 is 1.51 bits per heavy atom. The van der Waals surface area contributed by atoms with E-state index < -0.39 is 35.8 Å². The third kappa shape index (κ3) is 14.2. The number of esters is 2. The molecule has 29 heteroatoms. The molecule has 0 radical (unpaired) electrons. The Balaban J connectivity index is 0.000000186. The van der Waals surface area contributed by atoms with Gasteiger partial charge in [0.2, 0.25) is 11.8 Å². The predicted octanol–water partition coefficient (Wildman–Crippen LogP) is 11.8. The van der Waals surface area contributed by atoms with Crippen molar-refractivity contribution in [2.45, 2.75) is 109 Å². The highest BCUT2D eigenvalue weighted by atomic mass is 79.9. The summed E-state index contributed by atoms with van der Waals surface area (Å²) < 4.78 is 104. The van der Waals surface area contributed by atoms with E-state index in [4.69, 9.17) is 24.2 Å². The van der Waals surface area contributed by atoms with E-state index in [2.05, 4.69) is 75.7 Å². The van der Waals surface area contributed by atoms with Gasteiger partial charge in [-0.25, -0.2) is 64.0 Å². The maximum Gasteiger partial charge on any atom is 0.434 e. The van der Waals surface area contributed by atoms with Gasteiger partial charge in [0, 0.05) is 41.6 Å². The van der Waals surface area contributed by atoms with Gasteiger partial charge in [-0.3, -0.25) is 4.79 Å². The second-order valence-corrected chi connectivity index (χ2v) is 21.4. The number of nitrogens with zero attached hydrogens (tertiary/aromatic N) is 15. The number of H-pyrrole nitrogens is 1. The Morgan fingerprint density at radius 2 is 1.10 bits per heavy atom. The Labute approximate surface area is 507 Å². The molecule has 2 aliphatic carbocycles. The Morgan fingerprint density at radius 1 is 0.625 bits per heavy atom. The zero-order valence-electron chi connectivity index (χ0n) is 47.5. The van der Waals surface area contributed by atoms with Crippen LogP contribution in [0.5, 0.6) is 11.8 Å². The molecule has 2 aromatic carbocycles. The van der Waals surface area contributed by atoms with Crippen molar-refractivity contribution in [3.63, 3.8) is 0 Å². The van der Waals surface area contributed by atoms with Gasteiger partial charge in [0.05, 0.1) is 81.3 Å². The molecule has 2 atom stereocenters. The summed E-state index contributed by atoms with van der Waals surface area (Å²) in [6.45, 7) is 7.93. The molecule has 0 amide bonds. The maximum atomic E-state index is 13.5. The number of alkyl halides is 7. The zero-order valence-corrected chi connectivity index (χ0v) is 49.1. The first-order valence-corrected chi connectivity index (χ1v) is 28.3. The molecule has 1 N–H and O–H groups in total. The molecule has 2 fully saturated rings. The summed E-state index contributed by atoms with van der Waals surface area (Å²) in [5, 5.41) is 10.4. The highest BCUT2D eigenvalue weighted by molar-refractivity contribution is 9.10. The van der Waals surface area contributed by atoms with Crippen LogP contribution in [0.3, 0.4) is 0 Å². The number of fused-ring (bicyclic) bond motifs is 2. The molecule has 0 bridgehead atoms. The number of hydrogen-bond acceptors (Lipinski definition) is 18. The minimum atomic E-state index is -4.68. The third-order valence-corrected chi connectivity index (χ3v) is 14.2. The summed E-state index contributed by atoms with van der Waals surface area (Å²) in [6.07, 6.45) is 6.38. The number of carbonyl (C=O) groups is 2. The molecule has 460 valence electrons. The van der Waals surface area contributed by atoms with E-state index in [0.29, 0.717) is 88.5 Å². The molecule has 0 saturated heterocycles. The Kier molecular flexibility index (Phi) is 19.2. The number of carbonyl (C=O) groups excluding carboxylic acids is 2. The van der Waals surface area contributed by atoms with E-state index in [1.54, 1.807) is 106 Å². The number of nitrogens with one attached hydrogen (secondary N) is 1. The highest BCUT2D eigenvalue weighted by Gasteiger charge is 2.37. The lowest BCUT2D eigenvalue weighted by Gasteiger charge is -2.15. The monoisotopic (exact) mass is 1280 g/mol. The lowest BCUT2D eigenvalue weighted by Crippen LogP contribution is -2.19. The number of imidazole rings is 2. The Hall–Kier alpha value is -9.28. The number of ether oxygens (including phenoxy) is 4. The molecule has 10 aromatic rings. The third-order valence-electron chi connectivity index (χ3n) is 13.9. The van der Waals surface area contributed by atoms with Gasteiger partial charge in [-0.15, -0.1) is 0 Å². The number of aromatic amines is 1. The van der Waals surface area contributed by atoms with E-state index >= 15 is 0 Å². The smallest absolute Gasteiger partial charge is 0.434 e. The second kappa shape index (κ2) is 26.8. The standard InChI is InChI=1S/C29H27F3N8O3.C24H19F3N8O.C5H9BrO2.CH4/c1-4-43-28(41)16(2)39-14-21(29(30,31)32)37-25(39)19-7-5-17(6-8-19)13-40-26-20(12-36-40)11-33-24(38-26)22-23(18-9-10-18)34-15-35-27(22)42-3;1-36-23-18(19(14-6-7-14)30-12-31-23)21-28-8-16-9-32-35(22(16)34-21)11-13-2-4-15(5-3-13)20-29-10-17(33-20)24(25,26)27;1-3-8-5(7)4(2)6;/h5-8,11-12,14-16,18H,4,9-10,13H2,1-3H3;2-5,8-10,12,14H,6-7,11H2,1H3,(H,29,33);4H,3H2,1-2H3;1H4. The van der Waals surface area contributed by atoms with Crippen molar-refractivity contribution < 1.29 is 54.9 Å². The number of hydrogen-bond donors (Lipinski definition) is 1. The van der Waals surface area contributed by atoms with Crippen LogP contribution in [0.4, 0.5) is 26.3 Å². The molecule has 2 unspecified atom stereocenters. The normalized spacial score (nSPS) is 13.8. The van der Waals surface area contributed by atoms with Crippen LogP contribution in [0.25, 0.3) is 67.6 Å². The van der Waals surface area contributed by atoms with Crippen molar-refractivity contribution in [3.05, 3.63) is 132 Å². The average Bonchev–Trinajstić information content (AvgIpc) is 2.56. The number of halogens is 7. The fourth-order valence-corrected chi connectivity index (χ4v) is 9.32. The number of aromatic nitrogens is 16. The summed E-state index contributed by atoms with van der Waals surface area (Å²) >= 11 is 3.07. The van der Waals surface area contributed by atoms with Crippen molar-refractivity contribution in [2.75, 3.05) is 27.4 Å². The average molecular weight is 1280 g/mol. The van der Waals surface area contributed by atoms with Crippen LogP contribution in [0.15, 0.2) is 98.4 Å². The molecular formula is C59H59BrF6N16O6. The first kappa shape index (κ1) is 63.2. The molecule has 8 aromatic heterocycles. The predicted molar refractivity (Wildman–Crippen MR) is 313 cm³/mol. The topological polar surface area (TPSA) is 256 Å². The quantitative estimate of drug-likeness (QED) is 0.0505. The van der Waals surface area contributed by atoms with Gasteiger partial charge in [-0.2, -0.15) is 36.5 Å². The first-order chi connectivity index (χ1) is 41.8. The van der Waals surface area contributed by atoms with E-state index in [-0.39, 0.29) is 36.5 Å². The van der Waals surface area contributed by atoms with Crippen LogP contribution in [-0.4, -0.2) is 123 Å². The zero-order chi connectivity index (χ0) is 61.7. The van der Waals surface area contributed by atoms with Gasteiger partial charge >= 0.3 is 24.3 Å². The summed E-state index contributed by atoms with van der Waals surface area (Å²) in [7, 11) is 3.10. The van der Waals surface area contributed by atoms with Crippen LogP contribution in [0, 0.1) is 0 Å². The molecule has 2 aliphatic rings. The summed E-state index contributed by atoms with van der Waals surface area (Å²) in [5.74, 6) is 1.72. The highest BCUT2D eigenvalue weighted by Crippen LogP contribution is 2.46. The van der Waals surface area contributed by atoms with Gasteiger partial charge < -0.3 is 28.5 Å². The Bertz CT molecular complexity index is 4070. The van der Waals surface area contributed by atoms with E-state index in [0.717, 1.165) is 71.4 Å². The van der Waals surface area contributed by atoms with Crippen molar-refractivity contribution >= 4 is 49.9 Å². The largest absolute Gasteiger partial charge is 0.480 e. The van der Waals surface area contributed by atoms with Gasteiger partial charge in [-0.05, 0) is 64.5 Å². The van der Waals surface area contributed by atoms with Crippen molar-refractivity contribution in [3.8, 4) is 57.3 Å². The van der Waals surface area contributed by atoms with Crippen LogP contribution < -0.4 is 9.47 Å². The number of rotatable bonds is 17. The molecule has 88 heavy (non-hydrogen) atoms. The lowest BCUT2D eigenvalue weighted by molar-refractivity contribution is -0.147. The summed E-state index contributed by atoms with van der Waals surface area (Å²) in [5.41, 5.74) is 5.03. The van der Waals surface area contributed by atoms with Crippen molar-refractivity contribution in [1.29, 1.82) is 0 Å². The van der Waals surface area contributed by atoms with E-state index in [1.807, 2.05) is 12.1 Å². The van der Waals surface area contributed by atoms with Gasteiger partial charge in [0.25, 0.3) is 0 Å². The number of benzene rings is 2. The number of methoxy groups -OCH3 is 2.